The quantitative estimate of drug-likeness (QED) is 0.578. The van der Waals surface area contributed by atoms with E-state index in [1.807, 2.05) is 18.2 Å². The molecule has 0 bridgehead atoms. The number of rotatable bonds is 1. The lowest BCUT2D eigenvalue weighted by atomic mass is 10.1. The molecule has 0 unspecified atom stereocenters. The van der Waals surface area contributed by atoms with Crippen LogP contribution < -0.4 is 0 Å². The average Bonchev–Trinajstić information content (AvgIpc) is 2.18. The van der Waals surface area contributed by atoms with Crippen molar-refractivity contribution >= 4 is 22.6 Å². The van der Waals surface area contributed by atoms with Crippen molar-refractivity contribution in [3.63, 3.8) is 0 Å². The van der Waals surface area contributed by atoms with Crippen molar-refractivity contribution in [2.24, 2.45) is 0 Å². The van der Waals surface area contributed by atoms with Gasteiger partial charge in [-0.15, -0.1) is 0 Å². The predicted octanol–water partition coefficient (Wildman–Crippen LogP) is 3.66. The molecule has 1 aromatic carbocycles. The van der Waals surface area contributed by atoms with Crippen LogP contribution in [0.15, 0.2) is 42.5 Å². The summed E-state index contributed by atoms with van der Waals surface area (Å²) in [6.45, 7) is 2.09. The summed E-state index contributed by atoms with van der Waals surface area (Å²) in [7, 11) is 0. The van der Waals surface area contributed by atoms with Gasteiger partial charge in [-0.05, 0) is 47.7 Å². The lowest BCUT2D eigenvalue weighted by molar-refractivity contribution is 1.27. The number of aromatic nitrogens is 1. The summed E-state index contributed by atoms with van der Waals surface area (Å²) in [5.74, 6) is 0. The molecule has 0 spiro atoms. The van der Waals surface area contributed by atoms with Gasteiger partial charge in [-0.2, -0.15) is 0 Å². The Morgan fingerprint density at radius 3 is 2.57 bits per heavy atom. The van der Waals surface area contributed by atoms with Gasteiger partial charge in [-0.25, -0.2) is 4.98 Å². The van der Waals surface area contributed by atoms with Gasteiger partial charge in [-0.3, -0.25) is 0 Å². The molecule has 14 heavy (non-hydrogen) atoms. The van der Waals surface area contributed by atoms with Crippen LogP contribution in [-0.2, 0) is 0 Å². The van der Waals surface area contributed by atoms with E-state index in [1.165, 1.54) is 11.1 Å². The van der Waals surface area contributed by atoms with Crippen LogP contribution in [0.3, 0.4) is 0 Å². The van der Waals surface area contributed by atoms with Gasteiger partial charge in [0.15, 0.2) is 0 Å². The van der Waals surface area contributed by atoms with Crippen molar-refractivity contribution < 1.29 is 0 Å². The summed E-state index contributed by atoms with van der Waals surface area (Å²) >= 11 is 2.23. The van der Waals surface area contributed by atoms with Crippen LogP contribution in [0.1, 0.15) is 5.56 Å². The Labute approximate surface area is 97.3 Å². The van der Waals surface area contributed by atoms with E-state index in [0.717, 1.165) is 9.39 Å². The first-order valence-electron chi connectivity index (χ1n) is 4.45. The molecule has 0 saturated heterocycles. The Kier molecular flexibility index (Phi) is 2.82. The van der Waals surface area contributed by atoms with Crippen LogP contribution in [0, 0.1) is 10.6 Å². The summed E-state index contributed by atoms with van der Waals surface area (Å²) in [4.78, 5) is 4.47. The van der Waals surface area contributed by atoms with Gasteiger partial charge in [0, 0.05) is 5.56 Å². The molecule has 0 saturated carbocycles. The van der Waals surface area contributed by atoms with Gasteiger partial charge >= 0.3 is 0 Å². The van der Waals surface area contributed by atoms with Crippen molar-refractivity contribution in [3.05, 3.63) is 51.7 Å². The zero-order valence-electron chi connectivity index (χ0n) is 7.87. The largest absolute Gasteiger partial charge is 0.242 e. The monoisotopic (exact) mass is 295 g/mol. The zero-order chi connectivity index (χ0) is 9.97. The van der Waals surface area contributed by atoms with Crippen LogP contribution in [0.5, 0.6) is 0 Å². The molecular formula is C12H10IN. The van der Waals surface area contributed by atoms with Gasteiger partial charge in [0.2, 0.25) is 0 Å². The Balaban J connectivity index is 2.49. The summed E-state index contributed by atoms with van der Waals surface area (Å²) in [6.07, 6.45) is 0. The van der Waals surface area contributed by atoms with E-state index in [1.54, 1.807) is 0 Å². The number of halogens is 1. The maximum absolute atomic E-state index is 4.47. The van der Waals surface area contributed by atoms with Crippen LogP contribution in [0.4, 0.5) is 0 Å². The molecule has 0 aliphatic rings. The zero-order valence-corrected chi connectivity index (χ0v) is 10.0. The highest BCUT2D eigenvalue weighted by molar-refractivity contribution is 14.1. The molecule has 0 fully saturated rings. The maximum Gasteiger partial charge on any atom is 0.102 e. The van der Waals surface area contributed by atoms with E-state index in [2.05, 4.69) is 58.8 Å². The average molecular weight is 295 g/mol. The molecule has 0 amide bonds. The lowest BCUT2D eigenvalue weighted by Gasteiger charge is -2.01. The molecule has 2 rings (SSSR count). The third kappa shape index (κ3) is 2.12. The fourth-order valence-corrected chi connectivity index (χ4v) is 1.84. The molecular weight excluding hydrogens is 285 g/mol. The molecule has 1 heterocycles. The predicted molar refractivity (Wildman–Crippen MR) is 67.1 cm³/mol. The van der Waals surface area contributed by atoms with E-state index in [0.29, 0.717) is 0 Å². The summed E-state index contributed by atoms with van der Waals surface area (Å²) in [5, 5.41) is 0. The van der Waals surface area contributed by atoms with Crippen LogP contribution in [0.2, 0.25) is 0 Å². The Morgan fingerprint density at radius 1 is 1.07 bits per heavy atom. The van der Waals surface area contributed by atoms with Gasteiger partial charge in [0.1, 0.15) is 3.70 Å². The first-order chi connectivity index (χ1) is 6.75. The molecule has 1 aromatic heterocycles. The van der Waals surface area contributed by atoms with E-state index in [4.69, 9.17) is 0 Å². The SMILES string of the molecule is Cc1cccc(-c2cccc(I)n2)c1. The Morgan fingerprint density at radius 2 is 1.86 bits per heavy atom. The second kappa shape index (κ2) is 4.09. The first kappa shape index (κ1) is 9.65. The highest BCUT2D eigenvalue weighted by atomic mass is 127. The number of hydrogen-bond donors (Lipinski definition) is 0. The molecule has 0 aliphatic heterocycles. The molecule has 0 aliphatic carbocycles. The van der Waals surface area contributed by atoms with Crippen LogP contribution >= 0.6 is 22.6 Å². The molecule has 0 N–H and O–H groups in total. The highest BCUT2D eigenvalue weighted by Crippen LogP contribution is 2.18. The van der Waals surface area contributed by atoms with E-state index >= 15 is 0 Å². The molecule has 0 radical (unpaired) electrons. The summed E-state index contributed by atoms with van der Waals surface area (Å²) < 4.78 is 1.03. The summed E-state index contributed by atoms with van der Waals surface area (Å²) in [6, 6.07) is 14.5. The van der Waals surface area contributed by atoms with Gasteiger partial charge < -0.3 is 0 Å². The number of hydrogen-bond acceptors (Lipinski definition) is 1. The highest BCUT2D eigenvalue weighted by Gasteiger charge is 1.98. The van der Waals surface area contributed by atoms with Crippen molar-refractivity contribution in [3.8, 4) is 11.3 Å². The van der Waals surface area contributed by atoms with Gasteiger partial charge in [0.05, 0.1) is 5.69 Å². The fraction of sp³-hybridized carbons (Fsp3) is 0.0833. The molecule has 0 atom stereocenters. The van der Waals surface area contributed by atoms with Crippen molar-refractivity contribution in [2.75, 3.05) is 0 Å². The van der Waals surface area contributed by atoms with Gasteiger partial charge in [-0.1, -0.05) is 29.8 Å². The minimum Gasteiger partial charge on any atom is -0.242 e. The molecule has 2 heteroatoms. The Hall–Kier alpha value is -0.900. The minimum absolute atomic E-state index is 1.03. The van der Waals surface area contributed by atoms with Crippen molar-refractivity contribution in [1.29, 1.82) is 0 Å². The standard InChI is InChI=1S/C12H10IN/c1-9-4-2-5-10(8-9)11-6-3-7-12(13)14-11/h2-8H,1H3. The second-order valence-corrected chi connectivity index (χ2v) is 4.32. The fourth-order valence-electron chi connectivity index (χ4n) is 1.37. The third-order valence-corrected chi connectivity index (χ3v) is 2.63. The number of nitrogens with zero attached hydrogens (tertiary/aromatic N) is 1. The maximum atomic E-state index is 4.47. The smallest absolute Gasteiger partial charge is 0.102 e. The number of aryl methyl sites for hydroxylation is 1. The van der Waals surface area contributed by atoms with Crippen molar-refractivity contribution in [1.82, 2.24) is 4.98 Å². The number of benzene rings is 1. The molecule has 70 valence electrons. The minimum atomic E-state index is 1.03. The van der Waals surface area contributed by atoms with Crippen LogP contribution in [-0.4, -0.2) is 4.98 Å². The van der Waals surface area contributed by atoms with E-state index < -0.39 is 0 Å². The molecule has 2 aromatic rings. The van der Waals surface area contributed by atoms with Crippen molar-refractivity contribution in [2.45, 2.75) is 6.92 Å². The third-order valence-electron chi connectivity index (χ3n) is 2.03. The van der Waals surface area contributed by atoms with E-state index in [-0.39, 0.29) is 0 Å². The first-order valence-corrected chi connectivity index (χ1v) is 5.53. The summed E-state index contributed by atoms with van der Waals surface area (Å²) in [5.41, 5.74) is 3.49. The van der Waals surface area contributed by atoms with Crippen LogP contribution in [0.25, 0.3) is 11.3 Å². The second-order valence-electron chi connectivity index (χ2n) is 3.22. The lowest BCUT2D eigenvalue weighted by Crippen LogP contribution is -1.85. The van der Waals surface area contributed by atoms with E-state index in [9.17, 15) is 0 Å². The molecule has 1 nitrogen and oxygen atoms in total. The van der Waals surface area contributed by atoms with Gasteiger partial charge in [0.25, 0.3) is 0 Å². The topological polar surface area (TPSA) is 12.9 Å². The normalized spacial score (nSPS) is 10.1. The number of pyridine rings is 1. The Bertz CT molecular complexity index is 408.